The van der Waals surface area contributed by atoms with Crippen LogP contribution in [0.15, 0.2) is 41.6 Å². The summed E-state index contributed by atoms with van der Waals surface area (Å²) in [5.74, 6) is 0.973. The number of aryl methyl sites for hydroxylation is 2. The highest BCUT2D eigenvalue weighted by molar-refractivity contribution is 7.99. The summed E-state index contributed by atoms with van der Waals surface area (Å²) in [5.41, 5.74) is 1.38. The second-order valence-corrected chi connectivity index (χ2v) is 8.89. The van der Waals surface area contributed by atoms with Gasteiger partial charge < -0.3 is 5.32 Å². The number of nitrogens with zero attached hydrogens (tertiary/aromatic N) is 2. The first kappa shape index (κ1) is 17.2. The molecule has 0 radical (unpaired) electrons. The minimum Gasteiger partial charge on any atom is -0.369 e. The molecule has 3 rings (SSSR count). The van der Waals surface area contributed by atoms with Gasteiger partial charge in [-0.1, -0.05) is 55.9 Å². The lowest BCUT2D eigenvalue weighted by molar-refractivity contribution is 0.854. The molecule has 3 nitrogen and oxygen atoms in total. The van der Waals surface area contributed by atoms with Crippen molar-refractivity contribution in [2.45, 2.75) is 44.0 Å². The summed E-state index contributed by atoms with van der Waals surface area (Å²) in [5, 5.41) is 6.02. The molecule has 0 amide bonds. The van der Waals surface area contributed by atoms with Crippen LogP contribution in [0.3, 0.4) is 0 Å². The molecule has 5 heteroatoms. The third-order valence-electron chi connectivity index (χ3n) is 3.61. The first-order chi connectivity index (χ1) is 11.6. The number of anilines is 1. The fourth-order valence-corrected chi connectivity index (χ4v) is 4.21. The Bertz CT molecular complexity index is 797. The summed E-state index contributed by atoms with van der Waals surface area (Å²) >= 11 is 3.46. The molecule has 1 aromatic carbocycles. The van der Waals surface area contributed by atoms with E-state index in [-0.39, 0.29) is 0 Å². The Kier molecular flexibility index (Phi) is 5.74. The molecule has 2 heterocycles. The Balaban J connectivity index is 1.70. The first-order valence-electron chi connectivity index (χ1n) is 8.34. The van der Waals surface area contributed by atoms with Crippen LogP contribution in [-0.2, 0) is 6.42 Å². The Labute approximate surface area is 151 Å². The minimum atomic E-state index is 0.481. The van der Waals surface area contributed by atoms with Gasteiger partial charge in [-0.2, -0.15) is 0 Å². The van der Waals surface area contributed by atoms with Crippen LogP contribution in [0.2, 0.25) is 0 Å². The van der Waals surface area contributed by atoms with E-state index in [1.165, 1.54) is 10.4 Å². The second kappa shape index (κ2) is 7.99. The molecule has 0 fully saturated rings. The molecule has 0 aliphatic carbocycles. The van der Waals surface area contributed by atoms with Crippen LogP contribution in [0.5, 0.6) is 0 Å². The molecule has 2 aromatic heterocycles. The molecule has 1 N–H and O–H groups in total. The molecule has 0 saturated carbocycles. The maximum atomic E-state index is 4.75. The minimum absolute atomic E-state index is 0.481. The number of aromatic nitrogens is 2. The summed E-state index contributed by atoms with van der Waals surface area (Å²) in [6.45, 7) is 7.39. The Morgan fingerprint density at radius 1 is 1.17 bits per heavy atom. The zero-order valence-electron chi connectivity index (χ0n) is 14.4. The van der Waals surface area contributed by atoms with Gasteiger partial charge in [0.2, 0.25) is 0 Å². The number of hydrogen-bond acceptors (Lipinski definition) is 5. The van der Waals surface area contributed by atoms with Gasteiger partial charge in [0.1, 0.15) is 10.6 Å². The molecule has 0 spiro atoms. The van der Waals surface area contributed by atoms with Crippen molar-refractivity contribution in [2.24, 2.45) is 0 Å². The lowest BCUT2D eigenvalue weighted by atomic mass is 10.1. The van der Waals surface area contributed by atoms with E-state index in [0.717, 1.165) is 40.6 Å². The predicted molar refractivity (Wildman–Crippen MR) is 106 cm³/mol. The summed E-state index contributed by atoms with van der Waals surface area (Å²) in [7, 11) is 0. The molecular formula is C19H23N3S2. The third-order valence-corrected chi connectivity index (χ3v) is 5.42. The predicted octanol–water partition coefficient (Wildman–Crippen LogP) is 5.54. The topological polar surface area (TPSA) is 37.8 Å². The molecule has 0 aliphatic heterocycles. The number of benzene rings is 1. The number of rotatable bonds is 7. The van der Waals surface area contributed by atoms with Gasteiger partial charge in [-0.15, -0.1) is 11.3 Å². The van der Waals surface area contributed by atoms with Crippen LogP contribution < -0.4 is 5.32 Å². The second-order valence-electron chi connectivity index (χ2n) is 6.11. The van der Waals surface area contributed by atoms with E-state index in [1.54, 1.807) is 23.1 Å². The van der Waals surface area contributed by atoms with Crippen molar-refractivity contribution in [1.29, 1.82) is 0 Å². The number of fused-ring (bicyclic) bond motifs is 1. The SMILES string of the molecule is Cc1cc2c(NCCCc3ccccc3)nc(SC(C)C)nc2s1. The highest BCUT2D eigenvalue weighted by atomic mass is 32.2. The van der Waals surface area contributed by atoms with Crippen molar-refractivity contribution < 1.29 is 0 Å². The van der Waals surface area contributed by atoms with Crippen LogP contribution in [0, 0.1) is 6.92 Å². The molecule has 0 saturated heterocycles. The van der Waals surface area contributed by atoms with E-state index >= 15 is 0 Å². The lowest BCUT2D eigenvalue weighted by Crippen LogP contribution is -2.06. The van der Waals surface area contributed by atoms with Crippen molar-refractivity contribution in [2.75, 3.05) is 11.9 Å². The molecule has 0 atom stereocenters. The van der Waals surface area contributed by atoms with E-state index in [9.17, 15) is 0 Å². The third kappa shape index (κ3) is 4.48. The monoisotopic (exact) mass is 357 g/mol. The van der Waals surface area contributed by atoms with Gasteiger partial charge in [-0.25, -0.2) is 9.97 Å². The smallest absolute Gasteiger partial charge is 0.191 e. The fraction of sp³-hybridized carbons (Fsp3) is 0.368. The van der Waals surface area contributed by atoms with Gasteiger partial charge in [-0.3, -0.25) is 0 Å². The van der Waals surface area contributed by atoms with E-state index in [0.29, 0.717) is 5.25 Å². The number of thiophene rings is 1. The zero-order valence-corrected chi connectivity index (χ0v) is 16.0. The van der Waals surface area contributed by atoms with Gasteiger partial charge >= 0.3 is 0 Å². The Morgan fingerprint density at radius 3 is 2.71 bits per heavy atom. The highest BCUT2D eigenvalue weighted by Crippen LogP contribution is 2.31. The fourth-order valence-electron chi connectivity index (χ4n) is 2.56. The van der Waals surface area contributed by atoms with E-state index < -0.39 is 0 Å². The summed E-state index contributed by atoms with van der Waals surface area (Å²) in [4.78, 5) is 11.8. The van der Waals surface area contributed by atoms with Crippen molar-refractivity contribution in [3.05, 3.63) is 46.8 Å². The number of nitrogens with one attached hydrogen (secondary N) is 1. The normalized spacial score (nSPS) is 11.3. The number of thioether (sulfide) groups is 1. The van der Waals surface area contributed by atoms with Gasteiger partial charge in [-0.05, 0) is 31.4 Å². The van der Waals surface area contributed by atoms with E-state index in [1.807, 2.05) is 0 Å². The standard InChI is InChI=1S/C19H23N3S2/c1-13(2)23-19-21-17(16-12-14(3)24-18(16)22-19)20-11-7-10-15-8-5-4-6-9-15/h4-6,8-9,12-13H,7,10-11H2,1-3H3,(H,20,21,22). The van der Waals surface area contributed by atoms with E-state index in [2.05, 4.69) is 62.5 Å². The molecular weight excluding hydrogens is 334 g/mol. The molecule has 0 bridgehead atoms. The van der Waals surface area contributed by atoms with Crippen molar-refractivity contribution in [1.82, 2.24) is 9.97 Å². The summed E-state index contributed by atoms with van der Waals surface area (Å²) in [6.07, 6.45) is 2.17. The Morgan fingerprint density at radius 2 is 1.96 bits per heavy atom. The maximum absolute atomic E-state index is 4.75. The van der Waals surface area contributed by atoms with Crippen molar-refractivity contribution in [3.8, 4) is 0 Å². The molecule has 0 unspecified atom stereocenters. The van der Waals surface area contributed by atoms with Gasteiger partial charge in [0, 0.05) is 16.7 Å². The van der Waals surface area contributed by atoms with Crippen molar-refractivity contribution >= 4 is 39.1 Å². The average molecular weight is 358 g/mol. The van der Waals surface area contributed by atoms with Crippen LogP contribution >= 0.6 is 23.1 Å². The lowest BCUT2D eigenvalue weighted by Gasteiger charge is -2.09. The van der Waals surface area contributed by atoms with Crippen molar-refractivity contribution in [3.63, 3.8) is 0 Å². The molecule has 126 valence electrons. The van der Waals surface area contributed by atoms with Crippen LogP contribution in [0.1, 0.15) is 30.7 Å². The quantitative estimate of drug-likeness (QED) is 0.342. The maximum Gasteiger partial charge on any atom is 0.191 e. The largest absolute Gasteiger partial charge is 0.369 e. The van der Waals surface area contributed by atoms with Crippen LogP contribution in [-0.4, -0.2) is 21.8 Å². The highest BCUT2D eigenvalue weighted by Gasteiger charge is 2.11. The molecule has 0 aliphatic rings. The average Bonchev–Trinajstić information content (AvgIpc) is 2.92. The van der Waals surface area contributed by atoms with Gasteiger partial charge in [0.25, 0.3) is 0 Å². The van der Waals surface area contributed by atoms with Gasteiger partial charge in [0.15, 0.2) is 5.16 Å². The summed E-state index contributed by atoms with van der Waals surface area (Å²) < 4.78 is 0. The number of hydrogen-bond donors (Lipinski definition) is 1. The summed E-state index contributed by atoms with van der Waals surface area (Å²) in [6, 6.07) is 12.8. The molecule has 3 aromatic rings. The van der Waals surface area contributed by atoms with E-state index in [4.69, 9.17) is 9.97 Å². The first-order valence-corrected chi connectivity index (χ1v) is 10.0. The Hall–Kier alpha value is -1.59. The van der Waals surface area contributed by atoms with Gasteiger partial charge in [0.05, 0.1) is 5.39 Å². The van der Waals surface area contributed by atoms with Crippen LogP contribution in [0.4, 0.5) is 5.82 Å². The van der Waals surface area contributed by atoms with Crippen LogP contribution in [0.25, 0.3) is 10.2 Å². The molecule has 24 heavy (non-hydrogen) atoms. The zero-order chi connectivity index (χ0) is 16.9.